The molecule has 0 N–H and O–H groups in total. The van der Waals surface area contributed by atoms with Gasteiger partial charge in [-0.05, 0) is 36.6 Å². The summed E-state index contributed by atoms with van der Waals surface area (Å²) in [6.45, 7) is 0.466. The van der Waals surface area contributed by atoms with E-state index in [-0.39, 0.29) is 23.5 Å². The maximum absolute atomic E-state index is 12.6. The van der Waals surface area contributed by atoms with Crippen LogP contribution in [-0.4, -0.2) is 38.1 Å². The van der Waals surface area contributed by atoms with Crippen molar-refractivity contribution in [3.05, 3.63) is 60.2 Å². The van der Waals surface area contributed by atoms with Crippen LogP contribution in [0.4, 0.5) is 0 Å². The number of hydrogen-bond donors (Lipinski definition) is 0. The van der Waals surface area contributed by atoms with Crippen molar-refractivity contribution in [2.75, 3.05) is 12.9 Å². The van der Waals surface area contributed by atoms with Crippen LogP contribution < -0.4 is 4.74 Å². The summed E-state index contributed by atoms with van der Waals surface area (Å²) < 4.78 is 28.7. The van der Waals surface area contributed by atoms with Crippen LogP contribution >= 0.6 is 0 Å². The van der Waals surface area contributed by atoms with Crippen molar-refractivity contribution >= 4 is 15.7 Å². The molecule has 1 fully saturated rings. The Labute approximate surface area is 148 Å². The first-order valence-corrected chi connectivity index (χ1v) is 10.1. The van der Waals surface area contributed by atoms with Gasteiger partial charge in [-0.3, -0.25) is 4.79 Å². The Morgan fingerprint density at radius 3 is 2.48 bits per heavy atom. The summed E-state index contributed by atoms with van der Waals surface area (Å²) in [6, 6.07) is 16.4. The van der Waals surface area contributed by atoms with E-state index in [4.69, 9.17) is 4.74 Å². The van der Waals surface area contributed by atoms with Gasteiger partial charge in [0.15, 0.2) is 16.4 Å². The topological polar surface area (TPSA) is 63.7 Å². The lowest BCUT2D eigenvalue weighted by atomic mass is 10.2. The molecule has 1 aliphatic carbocycles. The molecule has 1 aliphatic rings. The Kier molecular flexibility index (Phi) is 5.08. The van der Waals surface area contributed by atoms with Gasteiger partial charge < -0.3 is 9.64 Å². The van der Waals surface area contributed by atoms with Crippen molar-refractivity contribution < 1.29 is 17.9 Å². The van der Waals surface area contributed by atoms with E-state index >= 15 is 0 Å². The second-order valence-corrected chi connectivity index (χ2v) is 8.29. The first-order valence-electron chi connectivity index (χ1n) is 8.20. The van der Waals surface area contributed by atoms with E-state index in [0.717, 1.165) is 24.7 Å². The molecule has 2 aromatic carbocycles. The molecule has 3 rings (SSSR count). The quantitative estimate of drug-likeness (QED) is 0.762. The van der Waals surface area contributed by atoms with Crippen LogP contribution in [0.25, 0.3) is 0 Å². The second-order valence-electron chi connectivity index (χ2n) is 6.27. The van der Waals surface area contributed by atoms with Gasteiger partial charge in [0, 0.05) is 18.8 Å². The lowest BCUT2D eigenvalue weighted by molar-refractivity contribution is -0.134. The molecule has 0 saturated heterocycles. The SMILES string of the molecule is CS(=O)(=O)c1cccc(OCC(=O)N(Cc2ccccc2)C2CC2)c1. The van der Waals surface area contributed by atoms with Gasteiger partial charge in [-0.1, -0.05) is 36.4 Å². The third kappa shape index (κ3) is 4.82. The van der Waals surface area contributed by atoms with Gasteiger partial charge in [-0.2, -0.15) is 0 Å². The van der Waals surface area contributed by atoms with Crippen molar-refractivity contribution in [2.24, 2.45) is 0 Å². The first kappa shape index (κ1) is 17.5. The summed E-state index contributed by atoms with van der Waals surface area (Å²) in [5, 5.41) is 0. The molecule has 25 heavy (non-hydrogen) atoms. The van der Waals surface area contributed by atoms with Crippen LogP contribution in [0.15, 0.2) is 59.5 Å². The molecule has 0 heterocycles. The smallest absolute Gasteiger partial charge is 0.261 e. The fourth-order valence-electron chi connectivity index (χ4n) is 2.61. The lowest BCUT2D eigenvalue weighted by Crippen LogP contribution is -2.36. The third-order valence-corrected chi connectivity index (χ3v) is 5.21. The van der Waals surface area contributed by atoms with Crippen molar-refractivity contribution in [2.45, 2.75) is 30.3 Å². The summed E-state index contributed by atoms with van der Waals surface area (Å²) in [5.74, 6) is 0.294. The Balaban J connectivity index is 1.64. The second kappa shape index (κ2) is 7.27. The molecule has 0 spiro atoms. The standard InChI is InChI=1S/C19H21NO4S/c1-25(22,23)18-9-5-8-17(12-18)24-14-19(21)20(16-10-11-16)13-15-6-3-2-4-7-15/h2-9,12,16H,10-11,13-14H2,1H3. The highest BCUT2D eigenvalue weighted by Crippen LogP contribution is 2.28. The maximum Gasteiger partial charge on any atom is 0.261 e. The van der Waals surface area contributed by atoms with Crippen LogP contribution in [0.2, 0.25) is 0 Å². The summed E-state index contributed by atoms with van der Waals surface area (Å²) in [6.07, 6.45) is 3.18. The van der Waals surface area contributed by atoms with E-state index in [1.807, 2.05) is 35.2 Å². The van der Waals surface area contributed by atoms with Gasteiger partial charge in [-0.25, -0.2) is 8.42 Å². The number of carbonyl (C=O) groups excluding carboxylic acids is 1. The molecule has 132 valence electrons. The van der Waals surface area contributed by atoms with Gasteiger partial charge in [0.25, 0.3) is 5.91 Å². The van der Waals surface area contributed by atoms with Crippen molar-refractivity contribution in [3.8, 4) is 5.75 Å². The van der Waals surface area contributed by atoms with Gasteiger partial charge in [-0.15, -0.1) is 0 Å². The number of sulfone groups is 1. The van der Waals surface area contributed by atoms with Crippen LogP contribution in [0.5, 0.6) is 5.75 Å². The van der Waals surface area contributed by atoms with E-state index in [0.29, 0.717) is 12.3 Å². The minimum Gasteiger partial charge on any atom is -0.484 e. The van der Waals surface area contributed by atoms with Crippen LogP contribution in [0, 0.1) is 0 Å². The minimum atomic E-state index is -3.30. The average Bonchev–Trinajstić information content (AvgIpc) is 3.43. The van der Waals surface area contributed by atoms with Crippen molar-refractivity contribution in [1.29, 1.82) is 0 Å². The first-order chi connectivity index (χ1) is 11.9. The van der Waals surface area contributed by atoms with E-state index in [1.54, 1.807) is 12.1 Å². The maximum atomic E-state index is 12.6. The van der Waals surface area contributed by atoms with E-state index < -0.39 is 9.84 Å². The van der Waals surface area contributed by atoms with Crippen LogP contribution in [0.3, 0.4) is 0 Å². The number of rotatable bonds is 7. The van der Waals surface area contributed by atoms with Gasteiger partial charge in [0.2, 0.25) is 0 Å². The Morgan fingerprint density at radius 2 is 1.84 bits per heavy atom. The molecule has 0 aliphatic heterocycles. The van der Waals surface area contributed by atoms with E-state index in [1.165, 1.54) is 12.1 Å². The summed E-state index contributed by atoms with van der Waals surface area (Å²) >= 11 is 0. The van der Waals surface area contributed by atoms with Crippen LogP contribution in [-0.2, 0) is 21.2 Å². The Hall–Kier alpha value is -2.34. The molecule has 0 radical (unpaired) electrons. The van der Waals surface area contributed by atoms with Crippen molar-refractivity contribution in [1.82, 2.24) is 4.90 Å². The molecule has 0 atom stereocenters. The normalized spacial score (nSPS) is 14.1. The van der Waals surface area contributed by atoms with E-state index in [2.05, 4.69) is 0 Å². The monoisotopic (exact) mass is 359 g/mol. The molecule has 0 unspecified atom stereocenters. The zero-order chi connectivity index (χ0) is 17.9. The molecular weight excluding hydrogens is 338 g/mol. The highest BCUT2D eigenvalue weighted by atomic mass is 32.2. The fourth-order valence-corrected chi connectivity index (χ4v) is 3.27. The number of carbonyl (C=O) groups is 1. The number of benzene rings is 2. The third-order valence-electron chi connectivity index (χ3n) is 4.10. The molecule has 1 saturated carbocycles. The summed E-state index contributed by atoms with van der Waals surface area (Å²) in [4.78, 5) is 14.6. The van der Waals surface area contributed by atoms with Crippen LogP contribution in [0.1, 0.15) is 18.4 Å². The molecule has 5 nitrogen and oxygen atoms in total. The average molecular weight is 359 g/mol. The Morgan fingerprint density at radius 1 is 1.12 bits per heavy atom. The molecule has 2 aromatic rings. The zero-order valence-electron chi connectivity index (χ0n) is 14.1. The predicted octanol–water partition coefficient (Wildman–Crippen LogP) is 2.66. The van der Waals surface area contributed by atoms with Gasteiger partial charge in [0.1, 0.15) is 5.75 Å². The summed E-state index contributed by atoms with van der Waals surface area (Å²) in [5.41, 5.74) is 1.09. The predicted molar refractivity (Wildman–Crippen MR) is 95.1 cm³/mol. The Bertz CT molecular complexity index is 845. The summed E-state index contributed by atoms with van der Waals surface area (Å²) in [7, 11) is -3.30. The number of nitrogens with zero attached hydrogens (tertiary/aromatic N) is 1. The van der Waals surface area contributed by atoms with Crippen molar-refractivity contribution in [3.63, 3.8) is 0 Å². The number of ether oxygens (including phenoxy) is 1. The number of amides is 1. The van der Waals surface area contributed by atoms with Gasteiger partial charge >= 0.3 is 0 Å². The molecule has 6 heteroatoms. The minimum absolute atomic E-state index is 0.0869. The lowest BCUT2D eigenvalue weighted by Gasteiger charge is -2.22. The van der Waals surface area contributed by atoms with E-state index in [9.17, 15) is 13.2 Å². The highest BCUT2D eigenvalue weighted by molar-refractivity contribution is 7.90. The molecule has 0 aromatic heterocycles. The molecular formula is C19H21NO4S. The highest BCUT2D eigenvalue weighted by Gasteiger charge is 2.32. The zero-order valence-corrected chi connectivity index (χ0v) is 14.9. The molecule has 0 bridgehead atoms. The van der Waals surface area contributed by atoms with Gasteiger partial charge in [0.05, 0.1) is 4.90 Å². The molecule has 1 amide bonds. The largest absolute Gasteiger partial charge is 0.484 e. The number of hydrogen-bond acceptors (Lipinski definition) is 4. The fraction of sp³-hybridized carbons (Fsp3) is 0.316.